The SMILES string of the molecule is CCNCC1CCN(CCOc2ccccc2F)CC1. The highest BCUT2D eigenvalue weighted by Gasteiger charge is 2.18. The van der Waals surface area contributed by atoms with Crippen LogP contribution in [0.25, 0.3) is 0 Å². The summed E-state index contributed by atoms with van der Waals surface area (Å²) < 4.78 is 18.9. The third-order valence-electron chi connectivity index (χ3n) is 3.89. The van der Waals surface area contributed by atoms with Crippen molar-refractivity contribution in [2.24, 2.45) is 5.92 Å². The highest BCUT2D eigenvalue weighted by atomic mass is 19.1. The quantitative estimate of drug-likeness (QED) is 0.830. The first-order valence-electron chi connectivity index (χ1n) is 7.60. The van der Waals surface area contributed by atoms with Crippen molar-refractivity contribution < 1.29 is 9.13 Å². The average Bonchev–Trinajstić information content (AvgIpc) is 2.48. The van der Waals surface area contributed by atoms with E-state index in [4.69, 9.17) is 4.74 Å². The van der Waals surface area contributed by atoms with Gasteiger partial charge in [0.15, 0.2) is 11.6 Å². The van der Waals surface area contributed by atoms with Crippen molar-refractivity contribution >= 4 is 0 Å². The molecular formula is C16H25FN2O. The highest BCUT2D eigenvalue weighted by Crippen LogP contribution is 2.17. The molecule has 1 fully saturated rings. The standard InChI is InChI=1S/C16H25FN2O/c1-2-18-13-14-7-9-19(10-8-14)11-12-20-16-6-4-3-5-15(16)17/h3-6,14,18H,2,7-13H2,1H3. The van der Waals surface area contributed by atoms with Crippen LogP contribution < -0.4 is 10.1 Å². The van der Waals surface area contributed by atoms with Crippen LogP contribution in [0, 0.1) is 11.7 Å². The van der Waals surface area contributed by atoms with Crippen LogP contribution in [0.2, 0.25) is 0 Å². The minimum absolute atomic E-state index is 0.281. The summed E-state index contributed by atoms with van der Waals surface area (Å²) in [5, 5.41) is 3.42. The van der Waals surface area contributed by atoms with Gasteiger partial charge in [0.05, 0.1) is 0 Å². The molecule has 20 heavy (non-hydrogen) atoms. The van der Waals surface area contributed by atoms with Gasteiger partial charge in [0, 0.05) is 6.54 Å². The molecule has 1 aliphatic heterocycles. The normalized spacial score (nSPS) is 17.3. The molecule has 1 aliphatic rings. The van der Waals surface area contributed by atoms with Gasteiger partial charge in [0.25, 0.3) is 0 Å². The van der Waals surface area contributed by atoms with E-state index in [2.05, 4.69) is 17.1 Å². The second-order valence-electron chi connectivity index (χ2n) is 5.37. The Morgan fingerprint density at radius 3 is 2.75 bits per heavy atom. The smallest absolute Gasteiger partial charge is 0.165 e. The molecule has 4 heteroatoms. The van der Waals surface area contributed by atoms with Crippen molar-refractivity contribution in [1.82, 2.24) is 10.2 Å². The number of benzene rings is 1. The van der Waals surface area contributed by atoms with Crippen LogP contribution in [-0.4, -0.2) is 44.2 Å². The Kier molecular flexibility index (Phi) is 6.27. The minimum atomic E-state index is -0.281. The van der Waals surface area contributed by atoms with Gasteiger partial charge in [-0.15, -0.1) is 0 Å². The van der Waals surface area contributed by atoms with Crippen molar-refractivity contribution in [3.05, 3.63) is 30.1 Å². The average molecular weight is 280 g/mol. The zero-order valence-electron chi connectivity index (χ0n) is 12.3. The van der Waals surface area contributed by atoms with Crippen molar-refractivity contribution in [3.63, 3.8) is 0 Å². The highest BCUT2D eigenvalue weighted by molar-refractivity contribution is 5.23. The van der Waals surface area contributed by atoms with Gasteiger partial charge in [-0.2, -0.15) is 0 Å². The monoisotopic (exact) mass is 280 g/mol. The third-order valence-corrected chi connectivity index (χ3v) is 3.89. The number of halogens is 1. The molecule has 1 aromatic carbocycles. The van der Waals surface area contributed by atoms with Gasteiger partial charge in [-0.05, 0) is 57.1 Å². The van der Waals surface area contributed by atoms with Crippen LogP contribution in [0.4, 0.5) is 4.39 Å². The van der Waals surface area contributed by atoms with Crippen LogP contribution in [0.3, 0.4) is 0 Å². The van der Waals surface area contributed by atoms with Crippen molar-refractivity contribution in [2.45, 2.75) is 19.8 Å². The van der Waals surface area contributed by atoms with Crippen LogP contribution >= 0.6 is 0 Å². The summed E-state index contributed by atoms with van der Waals surface area (Å²) in [6.07, 6.45) is 2.49. The Bertz CT molecular complexity index is 392. The third kappa shape index (κ3) is 4.76. The van der Waals surface area contributed by atoms with Gasteiger partial charge >= 0.3 is 0 Å². The number of nitrogens with one attached hydrogen (secondary N) is 1. The maximum Gasteiger partial charge on any atom is 0.165 e. The van der Waals surface area contributed by atoms with Gasteiger partial charge in [0.2, 0.25) is 0 Å². The summed E-state index contributed by atoms with van der Waals surface area (Å²) in [6.45, 7) is 8.01. The zero-order chi connectivity index (χ0) is 14.2. The van der Waals surface area contributed by atoms with E-state index < -0.39 is 0 Å². The summed E-state index contributed by atoms with van der Waals surface area (Å²) in [7, 11) is 0. The first kappa shape index (κ1) is 15.3. The molecule has 1 saturated heterocycles. The summed E-state index contributed by atoms with van der Waals surface area (Å²) in [5.74, 6) is 0.880. The minimum Gasteiger partial charge on any atom is -0.489 e. The largest absolute Gasteiger partial charge is 0.489 e. The molecule has 0 radical (unpaired) electrons. The molecule has 0 spiro atoms. The summed E-state index contributed by atoms with van der Waals surface area (Å²) in [6, 6.07) is 6.58. The molecule has 0 bridgehead atoms. The molecule has 112 valence electrons. The van der Waals surface area contributed by atoms with E-state index in [1.165, 1.54) is 18.9 Å². The van der Waals surface area contributed by atoms with Crippen molar-refractivity contribution in [3.8, 4) is 5.75 Å². The fourth-order valence-electron chi connectivity index (χ4n) is 2.61. The molecule has 1 N–H and O–H groups in total. The van der Waals surface area contributed by atoms with Crippen LogP contribution in [0.15, 0.2) is 24.3 Å². The molecule has 0 saturated carbocycles. The fraction of sp³-hybridized carbons (Fsp3) is 0.625. The van der Waals surface area contributed by atoms with E-state index in [0.29, 0.717) is 12.4 Å². The predicted molar refractivity (Wildman–Crippen MR) is 79.6 cm³/mol. The molecule has 0 atom stereocenters. The molecule has 2 rings (SSSR count). The molecule has 0 unspecified atom stereocenters. The van der Waals surface area contributed by atoms with E-state index in [9.17, 15) is 4.39 Å². The Balaban J connectivity index is 1.63. The van der Waals surface area contributed by atoms with Gasteiger partial charge < -0.3 is 10.1 Å². The molecule has 0 aliphatic carbocycles. The van der Waals surface area contributed by atoms with Crippen LogP contribution in [-0.2, 0) is 0 Å². The second-order valence-corrected chi connectivity index (χ2v) is 5.37. The van der Waals surface area contributed by atoms with Gasteiger partial charge in [-0.25, -0.2) is 4.39 Å². The first-order valence-corrected chi connectivity index (χ1v) is 7.60. The Hall–Kier alpha value is -1.13. The van der Waals surface area contributed by atoms with Crippen LogP contribution in [0.5, 0.6) is 5.75 Å². The summed E-state index contributed by atoms with van der Waals surface area (Å²) in [4.78, 5) is 2.41. The van der Waals surface area contributed by atoms with E-state index >= 15 is 0 Å². The molecule has 0 amide bonds. The van der Waals surface area contributed by atoms with Gasteiger partial charge in [-0.1, -0.05) is 19.1 Å². The van der Waals surface area contributed by atoms with Crippen molar-refractivity contribution in [2.75, 3.05) is 39.3 Å². The number of ether oxygens (including phenoxy) is 1. The fourth-order valence-corrected chi connectivity index (χ4v) is 2.61. The summed E-state index contributed by atoms with van der Waals surface area (Å²) >= 11 is 0. The van der Waals surface area contributed by atoms with E-state index in [-0.39, 0.29) is 5.82 Å². The van der Waals surface area contributed by atoms with Gasteiger partial charge in [-0.3, -0.25) is 4.90 Å². The predicted octanol–water partition coefficient (Wildman–Crippen LogP) is 2.53. The number of piperidine rings is 1. The van der Waals surface area contributed by atoms with E-state index in [1.54, 1.807) is 18.2 Å². The van der Waals surface area contributed by atoms with E-state index in [1.807, 2.05) is 0 Å². The van der Waals surface area contributed by atoms with Crippen molar-refractivity contribution in [1.29, 1.82) is 0 Å². The van der Waals surface area contributed by atoms with Crippen LogP contribution in [0.1, 0.15) is 19.8 Å². The molecule has 1 heterocycles. The summed E-state index contributed by atoms with van der Waals surface area (Å²) in [5.41, 5.74) is 0. The Morgan fingerprint density at radius 1 is 1.30 bits per heavy atom. The number of hydrogen-bond acceptors (Lipinski definition) is 3. The lowest BCUT2D eigenvalue weighted by molar-refractivity contribution is 0.152. The first-order chi connectivity index (χ1) is 9.79. The number of nitrogens with zero attached hydrogens (tertiary/aromatic N) is 1. The number of rotatable bonds is 7. The number of likely N-dealkylation sites (tertiary alicyclic amines) is 1. The Labute approximate surface area is 121 Å². The lowest BCUT2D eigenvalue weighted by atomic mass is 9.97. The topological polar surface area (TPSA) is 24.5 Å². The molecular weight excluding hydrogens is 255 g/mol. The van der Waals surface area contributed by atoms with Gasteiger partial charge in [0.1, 0.15) is 6.61 Å². The molecule has 3 nitrogen and oxygen atoms in total. The van der Waals surface area contributed by atoms with E-state index in [0.717, 1.165) is 38.6 Å². The number of hydrogen-bond donors (Lipinski definition) is 1. The Morgan fingerprint density at radius 2 is 2.05 bits per heavy atom. The zero-order valence-corrected chi connectivity index (χ0v) is 12.3. The lowest BCUT2D eigenvalue weighted by Gasteiger charge is -2.31. The second kappa shape index (κ2) is 8.22. The maximum atomic E-state index is 13.4. The molecule has 1 aromatic rings. The molecule has 0 aromatic heterocycles. The number of para-hydroxylation sites is 1. The lowest BCUT2D eigenvalue weighted by Crippen LogP contribution is -2.39. The maximum absolute atomic E-state index is 13.4.